The summed E-state index contributed by atoms with van der Waals surface area (Å²) in [5.41, 5.74) is 0.412. The van der Waals surface area contributed by atoms with E-state index in [1.165, 1.54) is 23.1 Å². The summed E-state index contributed by atoms with van der Waals surface area (Å²) in [7, 11) is 1.55. The fourth-order valence-corrected chi connectivity index (χ4v) is 2.47. The molecule has 4 nitrogen and oxygen atoms in total. The van der Waals surface area contributed by atoms with Crippen LogP contribution in [0, 0.1) is 5.82 Å². The van der Waals surface area contributed by atoms with Gasteiger partial charge in [-0.15, -0.1) is 0 Å². The Balaban J connectivity index is 1.93. The summed E-state index contributed by atoms with van der Waals surface area (Å²) >= 11 is 5.94. The van der Waals surface area contributed by atoms with E-state index in [1.54, 1.807) is 25.2 Å². The fourth-order valence-electron chi connectivity index (χ4n) is 2.23. The fraction of sp³-hybridized carbons (Fsp3) is 0.188. The second-order valence-electron chi connectivity index (χ2n) is 4.79. The zero-order chi connectivity index (χ0) is 15.7. The molecule has 6 heteroatoms. The molecule has 0 radical (unpaired) electrons. The highest BCUT2D eigenvalue weighted by molar-refractivity contribution is 6.34. The smallest absolute Gasteiger partial charge is 0.262 e. The van der Waals surface area contributed by atoms with E-state index in [0.29, 0.717) is 30.4 Å². The number of nitrogens with zero attached hydrogens (tertiary/aromatic N) is 1. The van der Waals surface area contributed by atoms with Crippen molar-refractivity contribution in [3.05, 3.63) is 52.8 Å². The predicted molar refractivity (Wildman–Crippen MR) is 81.6 cm³/mol. The molecule has 2 aromatic rings. The Morgan fingerprint density at radius 2 is 1.91 bits per heavy atom. The molecule has 0 N–H and O–H groups in total. The Kier molecular flexibility index (Phi) is 3.90. The summed E-state index contributed by atoms with van der Waals surface area (Å²) in [6.07, 6.45) is 0. The van der Waals surface area contributed by atoms with Crippen LogP contribution in [-0.2, 0) is 0 Å². The van der Waals surface area contributed by atoms with Crippen LogP contribution in [0.1, 0.15) is 10.4 Å². The van der Waals surface area contributed by atoms with Crippen molar-refractivity contribution >= 4 is 23.2 Å². The number of carbonyl (C=O) groups excluding carboxylic acids is 1. The predicted octanol–water partition coefficient (Wildman–Crippen LogP) is 3.53. The van der Waals surface area contributed by atoms with Crippen molar-refractivity contribution in [3.63, 3.8) is 0 Å². The summed E-state index contributed by atoms with van der Waals surface area (Å²) in [6, 6.07) is 9.25. The molecular formula is C16H13ClFNO3. The molecule has 114 valence electrons. The molecule has 1 heterocycles. The van der Waals surface area contributed by atoms with Crippen molar-refractivity contribution in [2.24, 2.45) is 0 Å². The molecule has 0 atom stereocenters. The van der Waals surface area contributed by atoms with Crippen LogP contribution >= 0.6 is 11.6 Å². The highest BCUT2D eigenvalue weighted by Gasteiger charge is 2.22. The standard InChI is InChI=1S/C16H13ClFNO3/c1-19(16(20)15-11(17)3-2-4-12(15)18)10-5-6-13-14(9-10)22-8-7-21-13/h2-6,9H,7-8H2,1H3. The van der Waals surface area contributed by atoms with Gasteiger partial charge in [-0.05, 0) is 24.3 Å². The van der Waals surface area contributed by atoms with Gasteiger partial charge in [0.1, 0.15) is 19.0 Å². The monoisotopic (exact) mass is 321 g/mol. The van der Waals surface area contributed by atoms with Crippen LogP contribution in [0.4, 0.5) is 10.1 Å². The van der Waals surface area contributed by atoms with Gasteiger partial charge >= 0.3 is 0 Å². The summed E-state index contributed by atoms with van der Waals surface area (Å²) in [5.74, 6) is 0.00414. The number of hydrogen-bond acceptors (Lipinski definition) is 3. The van der Waals surface area contributed by atoms with Crippen molar-refractivity contribution in [2.75, 3.05) is 25.2 Å². The molecule has 1 aliphatic heterocycles. The Morgan fingerprint density at radius 3 is 2.64 bits per heavy atom. The zero-order valence-electron chi connectivity index (χ0n) is 11.8. The Hall–Kier alpha value is -2.27. The molecule has 22 heavy (non-hydrogen) atoms. The SMILES string of the molecule is CN(C(=O)c1c(F)cccc1Cl)c1ccc2c(c1)OCCO2. The molecule has 1 amide bonds. The van der Waals surface area contributed by atoms with Crippen LogP contribution in [0.3, 0.4) is 0 Å². The van der Waals surface area contributed by atoms with Crippen LogP contribution in [0.15, 0.2) is 36.4 Å². The van der Waals surface area contributed by atoms with Gasteiger partial charge in [-0.2, -0.15) is 0 Å². The molecule has 0 saturated heterocycles. The van der Waals surface area contributed by atoms with Crippen LogP contribution in [0.25, 0.3) is 0 Å². The summed E-state index contributed by atoms with van der Waals surface area (Å²) in [6.45, 7) is 0.944. The number of amides is 1. The first-order valence-electron chi connectivity index (χ1n) is 6.69. The molecule has 0 fully saturated rings. The molecule has 0 unspecified atom stereocenters. The second-order valence-corrected chi connectivity index (χ2v) is 5.20. The van der Waals surface area contributed by atoms with E-state index in [1.807, 2.05) is 0 Å². The molecule has 2 aromatic carbocycles. The third-order valence-electron chi connectivity index (χ3n) is 3.39. The lowest BCUT2D eigenvalue weighted by atomic mass is 10.1. The normalized spacial score (nSPS) is 12.9. The number of ether oxygens (including phenoxy) is 2. The lowest BCUT2D eigenvalue weighted by molar-refractivity contribution is 0.0989. The van der Waals surface area contributed by atoms with E-state index in [4.69, 9.17) is 21.1 Å². The topological polar surface area (TPSA) is 38.8 Å². The number of carbonyl (C=O) groups is 1. The van der Waals surface area contributed by atoms with Crippen molar-refractivity contribution in [1.82, 2.24) is 0 Å². The Labute approximate surface area is 132 Å². The first kappa shape index (κ1) is 14.7. The van der Waals surface area contributed by atoms with Crippen LogP contribution < -0.4 is 14.4 Å². The average Bonchev–Trinajstić information content (AvgIpc) is 2.53. The highest BCUT2D eigenvalue weighted by Crippen LogP contribution is 2.34. The third kappa shape index (κ3) is 2.60. The first-order valence-corrected chi connectivity index (χ1v) is 7.07. The van der Waals surface area contributed by atoms with Crippen molar-refractivity contribution in [2.45, 2.75) is 0 Å². The zero-order valence-corrected chi connectivity index (χ0v) is 12.6. The van der Waals surface area contributed by atoms with Gasteiger partial charge < -0.3 is 14.4 Å². The Morgan fingerprint density at radius 1 is 1.18 bits per heavy atom. The first-order chi connectivity index (χ1) is 10.6. The highest BCUT2D eigenvalue weighted by atomic mass is 35.5. The lowest BCUT2D eigenvalue weighted by Crippen LogP contribution is -2.27. The lowest BCUT2D eigenvalue weighted by Gasteiger charge is -2.22. The summed E-state index contributed by atoms with van der Waals surface area (Å²) in [4.78, 5) is 13.8. The molecule has 0 aromatic heterocycles. The minimum Gasteiger partial charge on any atom is -0.486 e. The number of anilines is 1. The second kappa shape index (κ2) is 5.85. The molecule has 0 saturated carbocycles. The van der Waals surface area contributed by atoms with E-state index in [9.17, 15) is 9.18 Å². The number of halogens is 2. The van der Waals surface area contributed by atoms with Gasteiger partial charge in [-0.25, -0.2) is 4.39 Å². The van der Waals surface area contributed by atoms with Crippen LogP contribution in [0.5, 0.6) is 11.5 Å². The van der Waals surface area contributed by atoms with E-state index < -0.39 is 11.7 Å². The molecule has 0 bridgehead atoms. The van der Waals surface area contributed by atoms with Gasteiger partial charge in [0.2, 0.25) is 0 Å². The van der Waals surface area contributed by atoms with Crippen molar-refractivity contribution in [3.8, 4) is 11.5 Å². The van der Waals surface area contributed by atoms with E-state index >= 15 is 0 Å². The molecule has 0 spiro atoms. The van der Waals surface area contributed by atoms with Crippen molar-refractivity contribution < 1.29 is 18.7 Å². The molecule has 0 aliphatic carbocycles. The van der Waals surface area contributed by atoms with Gasteiger partial charge in [0.05, 0.1) is 10.6 Å². The summed E-state index contributed by atoms with van der Waals surface area (Å²) < 4.78 is 24.8. The van der Waals surface area contributed by atoms with Gasteiger partial charge in [0, 0.05) is 18.8 Å². The maximum atomic E-state index is 13.9. The molecule has 3 rings (SSSR count). The van der Waals surface area contributed by atoms with E-state index in [-0.39, 0.29) is 10.6 Å². The minimum atomic E-state index is -0.651. The number of rotatable bonds is 2. The van der Waals surface area contributed by atoms with E-state index in [2.05, 4.69) is 0 Å². The van der Waals surface area contributed by atoms with Crippen LogP contribution in [0.2, 0.25) is 5.02 Å². The summed E-state index contributed by atoms with van der Waals surface area (Å²) in [5, 5.41) is 0.0781. The number of hydrogen-bond donors (Lipinski definition) is 0. The van der Waals surface area contributed by atoms with Gasteiger partial charge in [-0.3, -0.25) is 4.79 Å². The van der Waals surface area contributed by atoms with Gasteiger partial charge in [0.15, 0.2) is 11.5 Å². The number of benzene rings is 2. The maximum Gasteiger partial charge on any atom is 0.262 e. The average molecular weight is 322 g/mol. The van der Waals surface area contributed by atoms with Gasteiger partial charge in [0.25, 0.3) is 5.91 Å². The van der Waals surface area contributed by atoms with Crippen molar-refractivity contribution in [1.29, 1.82) is 0 Å². The van der Waals surface area contributed by atoms with E-state index in [0.717, 1.165) is 0 Å². The van der Waals surface area contributed by atoms with Gasteiger partial charge in [-0.1, -0.05) is 17.7 Å². The minimum absolute atomic E-state index is 0.0781. The molecular weight excluding hydrogens is 309 g/mol. The quantitative estimate of drug-likeness (QED) is 0.849. The largest absolute Gasteiger partial charge is 0.486 e. The molecule has 1 aliphatic rings. The number of fused-ring (bicyclic) bond motifs is 1. The van der Waals surface area contributed by atoms with Crippen LogP contribution in [-0.4, -0.2) is 26.2 Å². The third-order valence-corrected chi connectivity index (χ3v) is 3.71. The Bertz CT molecular complexity index is 715. The maximum absolute atomic E-state index is 13.9.